The molecular formula is C52H99N4O6P. The lowest BCUT2D eigenvalue weighted by Crippen LogP contribution is -2.46. The SMILES string of the molecule is CCCCCCCCCCCCCCCCCCOCCCC(CCCOCCCCCCCCCCCCCCCCCC)(CCP(=O)(O)O)NCc1c[nH]c2c(=O)[nH]cnc12. The molecular weight excluding hydrogens is 808 g/mol. The van der Waals surface area contributed by atoms with E-state index in [-0.39, 0.29) is 11.7 Å². The highest BCUT2D eigenvalue weighted by Crippen LogP contribution is 2.39. The second kappa shape index (κ2) is 39.6. The minimum absolute atomic E-state index is 0.189. The van der Waals surface area contributed by atoms with E-state index in [1.165, 1.54) is 199 Å². The molecule has 11 heteroatoms. The molecule has 0 unspecified atom stereocenters. The van der Waals surface area contributed by atoms with Gasteiger partial charge in [-0.25, -0.2) is 4.98 Å². The van der Waals surface area contributed by atoms with Gasteiger partial charge in [0.2, 0.25) is 0 Å². The van der Waals surface area contributed by atoms with Crippen LogP contribution in [-0.2, 0) is 20.6 Å². The van der Waals surface area contributed by atoms with Crippen LogP contribution in [0, 0.1) is 0 Å². The van der Waals surface area contributed by atoms with Crippen molar-refractivity contribution in [2.24, 2.45) is 0 Å². The van der Waals surface area contributed by atoms with Crippen molar-refractivity contribution < 1.29 is 23.8 Å². The molecule has 0 bridgehead atoms. The first-order valence-corrected chi connectivity index (χ1v) is 28.6. The highest BCUT2D eigenvalue weighted by molar-refractivity contribution is 7.51. The van der Waals surface area contributed by atoms with E-state index in [9.17, 15) is 19.1 Å². The van der Waals surface area contributed by atoms with Crippen molar-refractivity contribution >= 4 is 18.6 Å². The van der Waals surface area contributed by atoms with Gasteiger partial charge in [0.25, 0.3) is 5.56 Å². The summed E-state index contributed by atoms with van der Waals surface area (Å²) in [6.45, 7) is 7.75. The molecule has 0 saturated carbocycles. The fraction of sp³-hybridized carbons (Fsp3) is 0.885. The Morgan fingerprint density at radius 2 is 0.905 bits per heavy atom. The Bertz CT molecular complexity index is 1370. The van der Waals surface area contributed by atoms with Crippen molar-refractivity contribution in [3.63, 3.8) is 0 Å². The summed E-state index contributed by atoms with van der Waals surface area (Å²) in [4.78, 5) is 42.4. The van der Waals surface area contributed by atoms with E-state index >= 15 is 0 Å². The summed E-state index contributed by atoms with van der Waals surface area (Å²) in [5, 5.41) is 3.71. The number of hydrogen-bond acceptors (Lipinski definition) is 6. The summed E-state index contributed by atoms with van der Waals surface area (Å²) in [5.41, 5.74) is 1.15. The number of nitrogens with one attached hydrogen (secondary N) is 3. The van der Waals surface area contributed by atoms with E-state index in [0.717, 1.165) is 57.3 Å². The minimum atomic E-state index is -4.22. The third-order valence-corrected chi connectivity index (χ3v) is 14.1. The smallest absolute Gasteiger partial charge is 0.325 e. The van der Waals surface area contributed by atoms with E-state index in [2.05, 4.69) is 34.1 Å². The fourth-order valence-electron chi connectivity index (χ4n) is 9.16. The number of aromatic amines is 2. The molecule has 5 N–H and O–H groups in total. The Morgan fingerprint density at radius 1 is 0.540 bits per heavy atom. The van der Waals surface area contributed by atoms with Gasteiger partial charge in [0.05, 0.1) is 18.0 Å². The summed E-state index contributed by atoms with van der Waals surface area (Å²) >= 11 is 0. The monoisotopic (exact) mass is 907 g/mol. The molecule has 0 spiro atoms. The predicted octanol–water partition coefficient (Wildman–Crippen LogP) is 14.8. The molecule has 2 rings (SSSR count). The van der Waals surface area contributed by atoms with Gasteiger partial charge < -0.3 is 34.5 Å². The zero-order valence-electron chi connectivity index (χ0n) is 41.0. The van der Waals surface area contributed by atoms with Crippen LogP contribution < -0.4 is 10.9 Å². The summed E-state index contributed by atoms with van der Waals surface area (Å²) in [5.74, 6) is 0. The van der Waals surface area contributed by atoms with Crippen molar-refractivity contribution in [1.82, 2.24) is 20.3 Å². The van der Waals surface area contributed by atoms with E-state index in [1.807, 2.05) is 0 Å². The number of nitrogens with zero attached hydrogens (tertiary/aromatic N) is 1. The summed E-state index contributed by atoms with van der Waals surface area (Å²) in [6.07, 6.45) is 49.5. The largest absolute Gasteiger partial charge is 0.381 e. The van der Waals surface area contributed by atoms with Crippen LogP contribution in [0.4, 0.5) is 0 Å². The van der Waals surface area contributed by atoms with Crippen molar-refractivity contribution in [2.45, 2.75) is 264 Å². The van der Waals surface area contributed by atoms with Crippen LogP contribution in [0.5, 0.6) is 0 Å². The van der Waals surface area contributed by atoms with E-state index in [0.29, 0.717) is 37.2 Å². The maximum atomic E-state index is 12.4. The average molecular weight is 907 g/mol. The lowest BCUT2D eigenvalue weighted by Gasteiger charge is -2.36. The van der Waals surface area contributed by atoms with Crippen LogP contribution >= 0.6 is 7.60 Å². The molecule has 0 amide bonds. The molecule has 0 aliphatic carbocycles. The first-order valence-electron chi connectivity index (χ1n) is 26.8. The van der Waals surface area contributed by atoms with Crippen LogP contribution in [0.3, 0.4) is 0 Å². The van der Waals surface area contributed by atoms with Gasteiger partial charge in [-0.15, -0.1) is 0 Å². The zero-order chi connectivity index (χ0) is 45.4. The van der Waals surface area contributed by atoms with Gasteiger partial charge in [-0.05, 0) is 44.9 Å². The van der Waals surface area contributed by atoms with E-state index in [1.54, 1.807) is 6.20 Å². The molecule has 2 heterocycles. The highest BCUT2D eigenvalue weighted by atomic mass is 31.2. The van der Waals surface area contributed by atoms with E-state index in [4.69, 9.17) is 9.47 Å². The Morgan fingerprint density at radius 3 is 1.29 bits per heavy atom. The molecule has 2 aromatic heterocycles. The lowest BCUT2D eigenvalue weighted by atomic mass is 9.85. The molecule has 0 aromatic carbocycles. The predicted molar refractivity (Wildman–Crippen MR) is 267 cm³/mol. The van der Waals surface area contributed by atoms with Gasteiger partial charge in [-0.3, -0.25) is 9.36 Å². The highest BCUT2D eigenvalue weighted by Gasteiger charge is 2.32. The van der Waals surface area contributed by atoms with Crippen LogP contribution in [-0.4, -0.2) is 62.9 Å². The quantitative estimate of drug-likeness (QED) is 0.0325. The van der Waals surface area contributed by atoms with Gasteiger partial charge in [0.1, 0.15) is 5.52 Å². The number of aromatic nitrogens is 3. The third kappa shape index (κ3) is 31.9. The minimum Gasteiger partial charge on any atom is -0.381 e. The Hall–Kier alpha value is -1.55. The number of H-pyrrole nitrogens is 2. The maximum absolute atomic E-state index is 12.4. The lowest BCUT2D eigenvalue weighted by molar-refractivity contribution is 0.103. The van der Waals surface area contributed by atoms with Crippen LogP contribution in [0.15, 0.2) is 17.3 Å². The van der Waals surface area contributed by atoms with Gasteiger partial charge in [-0.2, -0.15) is 0 Å². The Labute approximate surface area is 386 Å². The molecule has 0 saturated heterocycles. The van der Waals surface area contributed by atoms with E-state index < -0.39 is 13.1 Å². The van der Waals surface area contributed by atoms with Gasteiger partial charge in [0, 0.05) is 50.3 Å². The summed E-state index contributed by atoms with van der Waals surface area (Å²) in [7, 11) is -4.22. The molecule has 0 fully saturated rings. The van der Waals surface area contributed by atoms with Gasteiger partial charge in [0.15, 0.2) is 0 Å². The first-order chi connectivity index (χ1) is 30.8. The van der Waals surface area contributed by atoms with Crippen molar-refractivity contribution in [2.75, 3.05) is 32.6 Å². The molecule has 2 aromatic rings. The average Bonchev–Trinajstić information content (AvgIpc) is 3.70. The first kappa shape index (κ1) is 57.6. The second-order valence-corrected chi connectivity index (χ2v) is 20.9. The van der Waals surface area contributed by atoms with Crippen molar-refractivity contribution in [3.8, 4) is 0 Å². The number of unbranched alkanes of at least 4 members (excludes halogenated alkanes) is 30. The maximum Gasteiger partial charge on any atom is 0.325 e. The van der Waals surface area contributed by atoms with Crippen LogP contribution in [0.2, 0.25) is 0 Å². The molecule has 0 aliphatic rings. The Balaban J connectivity index is 1.68. The number of ether oxygens (including phenoxy) is 2. The third-order valence-electron chi connectivity index (χ3n) is 13.3. The second-order valence-electron chi connectivity index (χ2n) is 19.1. The van der Waals surface area contributed by atoms with Crippen molar-refractivity contribution in [1.29, 1.82) is 0 Å². The fourth-order valence-corrected chi connectivity index (χ4v) is 9.88. The number of rotatable bonds is 48. The van der Waals surface area contributed by atoms with Crippen molar-refractivity contribution in [3.05, 3.63) is 28.4 Å². The topological polar surface area (TPSA) is 150 Å². The standard InChI is InChI=1S/C52H99N4O6P/c1-3-5-7-9-11-13-15-17-19-21-23-25-27-29-31-33-40-61-42-35-37-52(39-44-63(58,59)60,56-46-48-45-53-50-49(48)54-47-55-51(50)57)38-36-43-62-41-34-32-30-28-26-24-22-20-18-16-14-12-10-8-6-4-2/h45,47,53,56H,3-44,46H2,1-2H3,(H,54,55,57)(H2,58,59,60). The number of hydrogen-bond donors (Lipinski definition) is 5. The Kier molecular flexibility index (Phi) is 36.2. The van der Waals surface area contributed by atoms with Gasteiger partial charge in [-0.1, -0.05) is 206 Å². The molecule has 0 aliphatic heterocycles. The zero-order valence-corrected chi connectivity index (χ0v) is 41.9. The summed E-state index contributed by atoms with van der Waals surface area (Å²) in [6, 6.07) is 0. The molecule has 63 heavy (non-hydrogen) atoms. The van der Waals surface area contributed by atoms with Crippen LogP contribution in [0.25, 0.3) is 11.0 Å². The molecule has 368 valence electrons. The molecule has 0 radical (unpaired) electrons. The normalized spacial score (nSPS) is 12.3. The molecule has 10 nitrogen and oxygen atoms in total. The summed E-state index contributed by atoms with van der Waals surface area (Å²) < 4.78 is 24.4. The van der Waals surface area contributed by atoms with Gasteiger partial charge >= 0.3 is 7.60 Å². The molecule has 0 atom stereocenters. The van der Waals surface area contributed by atoms with Crippen LogP contribution in [0.1, 0.15) is 257 Å². The number of fused-ring (bicyclic) bond motifs is 1.